The molecule has 1 rings (SSSR count). The Balaban J connectivity index is 2.85. The van der Waals surface area contributed by atoms with Crippen LogP contribution >= 0.6 is 0 Å². The van der Waals surface area contributed by atoms with Gasteiger partial charge in [0.1, 0.15) is 5.76 Å². The first-order valence-electron chi connectivity index (χ1n) is 4.46. The van der Waals surface area contributed by atoms with Crippen molar-refractivity contribution in [3.63, 3.8) is 0 Å². The van der Waals surface area contributed by atoms with E-state index in [0.29, 0.717) is 0 Å². The lowest BCUT2D eigenvalue weighted by Crippen LogP contribution is -2.05. The lowest BCUT2D eigenvalue weighted by molar-refractivity contribution is 0.302. The van der Waals surface area contributed by atoms with Crippen molar-refractivity contribution in [2.75, 3.05) is 20.2 Å². The summed E-state index contributed by atoms with van der Waals surface area (Å²) in [5, 5.41) is 3.24. The van der Waals surface area contributed by atoms with E-state index in [1.165, 1.54) is 11.1 Å². The van der Waals surface area contributed by atoms with E-state index in [-0.39, 0.29) is 0 Å². The minimum absolute atomic E-state index is 0.894. The van der Waals surface area contributed by atoms with E-state index in [2.05, 4.69) is 18.0 Å². The van der Waals surface area contributed by atoms with Crippen molar-refractivity contribution >= 4 is 0 Å². The molecule has 0 aromatic carbocycles. The van der Waals surface area contributed by atoms with Gasteiger partial charge in [-0.1, -0.05) is 6.58 Å². The summed E-state index contributed by atoms with van der Waals surface area (Å²) in [4.78, 5) is 0. The fourth-order valence-electron chi connectivity index (χ4n) is 1.31. The summed E-state index contributed by atoms with van der Waals surface area (Å²) in [6, 6.07) is 0. The van der Waals surface area contributed by atoms with Crippen molar-refractivity contribution in [2.24, 2.45) is 0 Å². The summed E-state index contributed by atoms with van der Waals surface area (Å²) in [5.41, 5.74) is 3.60. The van der Waals surface area contributed by atoms with Gasteiger partial charge >= 0.3 is 0 Å². The molecule has 1 aliphatic rings. The first-order valence-corrected chi connectivity index (χ1v) is 4.46. The largest absolute Gasteiger partial charge is 0.497 e. The molecule has 1 heterocycles. The van der Waals surface area contributed by atoms with Gasteiger partial charge in [-0.3, -0.25) is 0 Å². The highest BCUT2D eigenvalue weighted by Crippen LogP contribution is 2.16. The van der Waals surface area contributed by atoms with E-state index in [4.69, 9.17) is 4.74 Å². The minimum Gasteiger partial charge on any atom is -0.497 e. The van der Waals surface area contributed by atoms with Gasteiger partial charge in [0.15, 0.2) is 0 Å². The van der Waals surface area contributed by atoms with Gasteiger partial charge in [0.05, 0.1) is 7.11 Å². The van der Waals surface area contributed by atoms with E-state index < -0.39 is 0 Å². The summed E-state index contributed by atoms with van der Waals surface area (Å²) in [6.07, 6.45) is 2.07. The standard InChI is InChI=1S/C11H17NO/c1-8(2)11(13-4)5-10-7-12-6-9(10)3/h5,12H,3,6-7H2,1-2,4H3/b10-5-. The predicted octanol–water partition coefficient (Wildman–Crippen LogP) is 2.01. The first-order chi connectivity index (χ1) is 6.15. The summed E-state index contributed by atoms with van der Waals surface area (Å²) in [6.45, 7) is 9.85. The molecule has 1 saturated heterocycles. The van der Waals surface area contributed by atoms with Gasteiger partial charge < -0.3 is 10.1 Å². The van der Waals surface area contributed by atoms with Gasteiger partial charge in [0, 0.05) is 13.1 Å². The molecule has 0 atom stereocenters. The van der Waals surface area contributed by atoms with Gasteiger partial charge in [0.2, 0.25) is 0 Å². The average Bonchev–Trinajstić information content (AvgIpc) is 2.46. The molecule has 0 saturated carbocycles. The molecule has 0 aromatic heterocycles. The molecule has 13 heavy (non-hydrogen) atoms. The van der Waals surface area contributed by atoms with E-state index in [1.54, 1.807) is 7.11 Å². The average molecular weight is 179 g/mol. The number of allylic oxidation sites excluding steroid dienone is 2. The van der Waals surface area contributed by atoms with Crippen LogP contribution in [0.4, 0.5) is 0 Å². The van der Waals surface area contributed by atoms with E-state index in [9.17, 15) is 0 Å². The highest BCUT2D eigenvalue weighted by Gasteiger charge is 2.10. The Hall–Kier alpha value is -1.02. The number of rotatable bonds is 2. The third-order valence-electron chi connectivity index (χ3n) is 2.13. The van der Waals surface area contributed by atoms with Crippen LogP contribution in [0.15, 0.2) is 35.1 Å². The van der Waals surface area contributed by atoms with E-state index in [1.807, 2.05) is 13.8 Å². The SMILES string of the molecule is C=C1CNC/C1=C/C(OC)=C(C)C. The molecule has 0 radical (unpaired) electrons. The van der Waals surface area contributed by atoms with Crippen molar-refractivity contribution in [3.8, 4) is 0 Å². The maximum Gasteiger partial charge on any atom is 0.117 e. The van der Waals surface area contributed by atoms with Crippen LogP contribution < -0.4 is 5.32 Å². The normalized spacial score (nSPS) is 19.3. The first kappa shape index (κ1) is 10.1. The van der Waals surface area contributed by atoms with Gasteiger partial charge in [-0.05, 0) is 36.6 Å². The molecule has 2 nitrogen and oxygen atoms in total. The van der Waals surface area contributed by atoms with Crippen molar-refractivity contribution in [2.45, 2.75) is 13.8 Å². The summed E-state index contributed by atoms with van der Waals surface area (Å²) < 4.78 is 5.26. The second-order valence-corrected chi connectivity index (χ2v) is 3.45. The molecule has 0 spiro atoms. The molecule has 72 valence electrons. The Morgan fingerprint density at radius 1 is 1.46 bits per heavy atom. The molecule has 1 aliphatic heterocycles. The minimum atomic E-state index is 0.894. The molecule has 0 unspecified atom stereocenters. The Morgan fingerprint density at radius 3 is 2.54 bits per heavy atom. The molecule has 0 aromatic rings. The van der Waals surface area contributed by atoms with Crippen LogP contribution in [0.25, 0.3) is 0 Å². The molecule has 0 aliphatic carbocycles. The Kier molecular flexibility index (Phi) is 3.32. The summed E-state index contributed by atoms with van der Waals surface area (Å²) >= 11 is 0. The lowest BCUT2D eigenvalue weighted by Gasteiger charge is -2.04. The number of hydrogen-bond acceptors (Lipinski definition) is 2. The van der Waals surface area contributed by atoms with Crippen molar-refractivity contribution in [3.05, 3.63) is 35.1 Å². The Morgan fingerprint density at radius 2 is 2.15 bits per heavy atom. The lowest BCUT2D eigenvalue weighted by atomic mass is 10.1. The van der Waals surface area contributed by atoms with Crippen LogP contribution in [0.2, 0.25) is 0 Å². The monoisotopic (exact) mass is 179 g/mol. The van der Waals surface area contributed by atoms with Crippen molar-refractivity contribution in [1.82, 2.24) is 5.32 Å². The molecule has 0 bridgehead atoms. The zero-order valence-corrected chi connectivity index (χ0v) is 8.61. The van der Waals surface area contributed by atoms with Crippen LogP contribution in [0.5, 0.6) is 0 Å². The Bertz CT molecular complexity index is 270. The van der Waals surface area contributed by atoms with Crippen LogP contribution in [0.3, 0.4) is 0 Å². The molecular formula is C11H17NO. The topological polar surface area (TPSA) is 21.3 Å². The molecule has 2 heteroatoms. The van der Waals surface area contributed by atoms with Gasteiger partial charge in [-0.2, -0.15) is 0 Å². The molecular weight excluding hydrogens is 162 g/mol. The molecule has 1 fully saturated rings. The third kappa shape index (κ3) is 2.46. The number of nitrogens with one attached hydrogen (secondary N) is 1. The highest BCUT2D eigenvalue weighted by atomic mass is 16.5. The van der Waals surface area contributed by atoms with Crippen LogP contribution in [-0.2, 0) is 4.74 Å². The van der Waals surface area contributed by atoms with Gasteiger partial charge in [-0.25, -0.2) is 0 Å². The smallest absolute Gasteiger partial charge is 0.117 e. The van der Waals surface area contributed by atoms with Gasteiger partial charge in [-0.15, -0.1) is 0 Å². The van der Waals surface area contributed by atoms with E-state index in [0.717, 1.165) is 24.4 Å². The quantitative estimate of drug-likeness (QED) is 0.655. The van der Waals surface area contributed by atoms with Gasteiger partial charge in [0.25, 0.3) is 0 Å². The zero-order valence-electron chi connectivity index (χ0n) is 8.61. The van der Waals surface area contributed by atoms with Crippen LogP contribution in [-0.4, -0.2) is 20.2 Å². The van der Waals surface area contributed by atoms with Crippen LogP contribution in [0.1, 0.15) is 13.8 Å². The third-order valence-corrected chi connectivity index (χ3v) is 2.13. The Labute approximate surface area is 80.0 Å². The number of ether oxygens (including phenoxy) is 1. The zero-order chi connectivity index (χ0) is 9.84. The van der Waals surface area contributed by atoms with Crippen molar-refractivity contribution < 1.29 is 4.74 Å². The van der Waals surface area contributed by atoms with E-state index >= 15 is 0 Å². The fourth-order valence-corrected chi connectivity index (χ4v) is 1.31. The fraction of sp³-hybridized carbons (Fsp3) is 0.455. The molecule has 1 N–H and O–H groups in total. The summed E-state index contributed by atoms with van der Waals surface area (Å²) in [7, 11) is 1.70. The second kappa shape index (κ2) is 4.28. The number of methoxy groups -OCH3 is 1. The highest BCUT2D eigenvalue weighted by molar-refractivity contribution is 5.39. The predicted molar refractivity (Wildman–Crippen MR) is 55.5 cm³/mol. The maximum absolute atomic E-state index is 5.26. The molecule has 0 amide bonds. The number of hydrogen-bond donors (Lipinski definition) is 1. The summed E-state index contributed by atoms with van der Waals surface area (Å²) in [5.74, 6) is 0.944. The second-order valence-electron chi connectivity index (χ2n) is 3.45. The van der Waals surface area contributed by atoms with Crippen molar-refractivity contribution in [1.29, 1.82) is 0 Å². The van der Waals surface area contributed by atoms with Crippen LogP contribution in [0, 0.1) is 0 Å². The maximum atomic E-state index is 5.26.